The van der Waals surface area contributed by atoms with Crippen molar-refractivity contribution in [3.63, 3.8) is 0 Å². The summed E-state index contributed by atoms with van der Waals surface area (Å²) in [7, 11) is 0. The van der Waals surface area contributed by atoms with Crippen molar-refractivity contribution in [1.29, 1.82) is 0 Å². The Hall–Kier alpha value is -2.85. The number of nitrogens with one attached hydrogen (secondary N) is 1. The van der Waals surface area contributed by atoms with E-state index in [4.69, 9.17) is 4.74 Å². The van der Waals surface area contributed by atoms with Gasteiger partial charge in [0.1, 0.15) is 18.0 Å². The Morgan fingerprint density at radius 1 is 1.27 bits per heavy atom. The van der Waals surface area contributed by atoms with Gasteiger partial charge in [-0.1, -0.05) is 49.4 Å². The summed E-state index contributed by atoms with van der Waals surface area (Å²) in [6.07, 6.45) is -1.98. The van der Waals surface area contributed by atoms with Gasteiger partial charge in [-0.15, -0.1) is 0 Å². The van der Waals surface area contributed by atoms with Gasteiger partial charge in [-0.3, -0.25) is 14.4 Å². The highest BCUT2D eigenvalue weighted by atomic mass is 16.6. The minimum absolute atomic E-state index is 0.00749. The molecule has 1 fully saturated rings. The first kappa shape index (κ1) is 21.8. The van der Waals surface area contributed by atoms with Gasteiger partial charge < -0.3 is 30.5 Å². The van der Waals surface area contributed by atoms with E-state index in [1.807, 2.05) is 12.2 Å². The van der Waals surface area contributed by atoms with Crippen LogP contribution in [0.15, 0.2) is 53.8 Å². The fourth-order valence-corrected chi connectivity index (χ4v) is 3.58. The average molecular weight is 417 g/mol. The predicted molar refractivity (Wildman–Crippen MR) is 103 cm³/mol. The molecule has 1 amide bonds. The molecular weight excluding hydrogens is 394 g/mol. The number of amides is 1. The summed E-state index contributed by atoms with van der Waals surface area (Å²) in [6, 6.07) is 7.43. The summed E-state index contributed by atoms with van der Waals surface area (Å²) in [5.41, 5.74) is -5.70. The van der Waals surface area contributed by atoms with Crippen LogP contribution >= 0.6 is 0 Å². The number of aliphatic hydroxyl groups is 4. The van der Waals surface area contributed by atoms with Gasteiger partial charge in [-0.2, -0.15) is 0 Å². The summed E-state index contributed by atoms with van der Waals surface area (Å²) >= 11 is 0. The van der Waals surface area contributed by atoms with Crippen LogP contribution in [0.2, 0.25) is 0 Å². The average Bonchev–Trinajstić information content (AvgIpc) is 3.13. The highest BCUT2D eigenvalue weighted by molar-refractivity contribution is 6.23. The summed E-state index contributed by atoms with van der Waals surface area (Å²) < 4.78 is 5.42. The molecule has 0 aromatic heterocycles. The molecule has 2 aliphatic heterocycles. The first-order valence-electron chi connectivity index (χ1n) is 9.41. The van der Waals surface area contributed by atoms with Gasteiger partial charge in [0.15, 0.2) is 6.10 Å². The highest BCUT2D eigenvalue weighted by Crippen LogP contribution is 2.43. The van der Waals surface area contributed by atoms with Crippen molar-refractivity contribution >= 4 is 17.5 Å². The Balaban J connectivity index is 1.95. The quantitative estimate of drug-likeness (QED) is 0.232. The van der Waals surface area contributed by atoms with Crippen LogP contribution in [0.1, 0.15) is 30.6 Å². The third kappa shape index (κ3) is 3.07. The fourth-order valence-electron chi connectivity index (χ4n) is 3.58. The second-order valence-corrected chi connectivity index (χ2v) is 7.25. The van der Waals surface area contributed by atoms with E-state index >= 15 is 0 Å². The molecule has 1 saturated heterocycles. The Bertz CT molecular complexity index is 940. The maximum absolute atomic E-state index is 12.9. The zero-order chi connectivity index (χ0) is 22.3. The van der Waals surface area contributed by atoms with E-state index in [0.29, 0.717) is 6.42 Å². The number of carbonyl (C=O) groups is 3. The van der Waals surface area contributed by atoms with Gasteiger partial charge in [-0.05, 0) is 13.3 Å². The molecule has 30 heavy (non-hydrogen) atoms. The van der Waals surface area contributed by atoms with E-state index in [0.717, 1.165) is 0 Å². The molecule has 1 spiro atoms. The van der Waals surface area contributed by atoms with Crippen molar-refractivity contribution in [1.82, 2.24) is 5.32 Å². The monoisotopic (exact) mass is 417 g/mol. The van der Waals surface area contributed by atoms with Crippen LogP contribution in [0.3, 0.4) is 0 Å². The van der Waals surface area contributed by atoms with Gasteiger partial charge in [0, 0.05) is 11.1 Å². The third-order valence-corrected chi connectivity index (χ3v) is 5.28. The molecule has 2 heterocycles. The molecular formula is C21H23NO8. The maximum Gasteiger partial charge on any atom is 0.278 e. The van der Waals surface area contributed by atoms with Gasteiger partial charge >= 0.3 is 0 Å². The van der Waals surface area contributed by atoms with Crippen LogP contribution in [0.5, 0.6) is 0 Å². The molecule has 1 aromatic carbocycles. The number of aliphatic hydroxyl groups excluding tert-OH is 3. The molecule has 0 radical (unpaired) electrons. The lowest BCUT2D eigenvalue weighted by atomic mass is 9.85. The topological polar surface area (TPSA) is 153 Å². The largest absolute Gasteiger partial charge is 0.467 e. The van der Waals surface area contributed by atoms with E-state index in [1.165, 1.54) is 37.3 Å². The van der Waals surface area contributed by atoms with Crippen LogP contribution in [0, 0.1) is 0 Å². The fraction of sp³-hybridized carbons (Fsp3) is 0.381. The lowest BCUT2D eigenvalue weighted by Gasteiger charge is -2.30. The SMILES string of the molecule is CCC=C[C@H](O)[C@H](O)C1=C(C)C(=O)[C@]2(O1)C(=O)N[C@@](O)(C(=O)c1ccccc1)[C@H]2O. The first-order chi connectivity index (χ1) is 14.1. The van der Waals surface area contributed by atoms with Crippen molar-refractivity contribution in [3.05, 3.63) is 59.4 Å². The number of hydrogen-bond donors (Lipinski definition) is 5. The number of allylic oxidation sites excluding steroid dienone is 1. The molecule has 5 atom stereocenters. The lowest BCUT2D eigenvalue weighted by molar-refractivity contribution is -0.161. The number of Topliss-reactive ketones (excluding diaryl/α,β-unsaturated/α-hetero) is 2. The van der Waals surface area contributed by atoms with E-state index < -0.39 is 52.9 Å². The summed E-state index contributed by atoms with van der Waals surface area (Å²) in [5.74, 6) is -3.70. The van der Waals surface area contributed by atoms with Gasteiger partial charge in [0.25, 0.3) is 11.5 Å². The lowest BCUT2D eigenvalue weighted by Crippen LogP contribution is -2.59. The minimum atomic E-state index is -2.82. The number of benzene rings is 1. The number of carbonyl (C=O) groups excluding carboxylic acids is 3. The van der Waals surface area contributed by atoms with Crippen molar-refractivity contribution in [2.24, 2.45) is 0 Å². The molecule has 0 saturated carbocycles. The van der Waals surface area contributed by atoms with E-state index in [1.54, 1.807) is 12.1 Å². The van der Waals surface area contributed by atoms with Crippen molar-refractivity contribution in [3.8, 4) is 0 Å². The second-order valence-electron chi connectivity index (χ2n) is 7.25. The van der Waals surface area contributed by atoms with E-state index in [-0.39, 0.29) is 11.1 Å². The summed E-state index contributed by atoms with van der Waals surface area (Å²) in [5, 5.41) is 44.1. The number of rotatable bonds is 6. The normalized spacial score (nSPS) is 30.7. The first-order valence-corrected chi connectivity index (χ1v) is 9.41. The molecule has 5 N–H and O–H groups in total. The van der Waals surface area contributed by atoms with Crippen LogP contribution in [-0.4, -0.2) is 67.5 Å². The third-order valence-electron chi connectivity index (χ3n) is 5.28. The molecule has 0 unspecified atom stereocenters. The van der Waals surface area contributed by atoms with Crippen LogP contribution in [0.25, 0.3) is 0 Å². The Kier molecular flexibility index (Phi) is 5.66. The Morgan fingerprint density at radius 3 is 2.50 bits per heavy atom. The zero-order valence-corrected chi connectivity index (χ0v) is 16.4. The number of ketones is 2. The summed E-state index contributed by atoms with van der Waals surface area (Å²) in [4.78, 5) is 38.4. The van der Waals surface area contributed by atoms with E-state index in [2.05, 4.69) is 0 Å². The highest BCUT2D eigenvalue weighted by Gasteiger charge is 2.73. The van der Waals surface area contributed by atoms with Crippen LogP contribution in [0.4, 0.5) is 0 Å². The van der Waals surface area contributed by atoms with Crippen molar-refractivity contribution in [2.45, 2.75) is 49.9 Å². The standard InChI is InChI=1S/C21H23NO8/c1-3-4-10-13(23)14(24)15-11(2)16(25)20(30-15)18(27)21(29,22-19(20)28)17(26)12-8-6-5-7-9-12/h4-10,13-14,18,23-24,27,29H,3H2,1-2H3,(H,22,28)/t13-,14-,18-,20+,21+/m0/s1. The van der Waals surface area contributed by atoms with Gasteiger partial charge in [-0.25, -0.2) is 0 Å². The molecule has 9 heteroatoms. The predicted octanol–water partition coefficient (Wildman–Crippen LogP) is -0.651. The van der Waals surface area contributed by atoms with Crippen molar-refractivity contribution < 1.29 is 39.5 Å². The molecule has 2 aliphatic rings. The minimum Gasteiger partial charge on any atom is -0.467 e. The number of hydrogen-bond acceptors (Lipinski definition) is 8. The van der Waals surface area contributed by atoms with Crippen LogP contribution in [-0.2, 0) is 14.3 Å². The second kappa shape index (κ2) is 7.77. The smallest absolute Gasteiger partial charge is 0.278 e. The summed E-state index contributed by atoms with van der Waals surface area (Å²) in [6.45, 7) is 3.07. The van der Waals surface area contributed by atoms with Crippen LogP contribution < -0.4 is 5.32 Å². The molecule has 3 rings (SSSR count). The molecule has 0 bridgehead atoms. The van der Waals surface area contributed by atoms with E-state index in [9.17, 15) is 34.8 Å². The molecule has 1 aromatic rings. The Labute approximate surface area is 172 Å². The molecule has 9 nitrogen and oxygen atoms in total. The molecule has 160 valence electrons. The van der Waals surface area contributed by atoms with Crippen molar-refractivity contribution in [2.75, 3.05) is 0 Å². The Morgan fingerprint density at radius 2 is 1.90 bits per heavy atom. The zero-order valence-electron chi connectivity index (χ0n) is 16.4. The van der Waals surface area contributed by atoms with Gasteiger partial charge in [0.2, 0.25) is 17.3 Å². The van der Waals surface area contributed by atoms with Gasteiger partial charge in [0.05, 0.1) is 0 Å². The molecule has 0 aliphatic carbocycles. The maximum atomic E-state index is 12.9. The number of ether oxygens (including phenoxy) is 1.